The van der Waals surface area contributed by atoms with Crippen LogP contribution in [0.2, 0.25) is 5.02 Å². The van der Waals surface area contributed by atoms with Gasteiger partial charge in [0.05, 0.1) is 5.02 Å². The fourth-order valence-corrected chi connectivity index (χ4v) is 4.36. The van der Waals surface area contributed by atoms with Crippen molar-refractivity contribution in [3.8, 4) is 0 Å². The number of hydroxylamine groups is 1. The minimum atomic E-state index is -0.589. The third-order valence-corrected chi connectivity index (χ3v) is 5.78. The van der Waals surface area contributed by atoms with Crippen molar-refractivity contribution in [1.29, 1.82) is 0 Å². The van der Waals surface area contributed by atoms with Gasteiger partial charge >= 0.3 is 0 Å². The van der Waals surface area contributed by atoms with Crippen LogP contribution in [-0.2, 0) is 4.79 Å². The number of likely N-dealkylation sites (tertiary alicyclic amines) is 1. The number of hydrogen-bond acceptors (Lipinski definition) is 5. The number of halogens is 1. The van der Waals surface area contributed by atoms with Gasteiger partial charge in [0.15, 0.2) is 0 Å². The van der Waals surface area contributed by atoms with Gasteiger partial charge in [0.2, 0.25) is 0 Å². The van der Waals surface area contributed by atoms with E-state index in [2.05, 4.69) is 15.2 Å². The first-order chi connectivity index (χ1) is 13.1. The average Bonchev–Trinajstić information content (AvgIpc) is 2.69. The van der Waals surface area contributed by atoms with E-state index in [1.807, 2.05) is 0 Å². The monoisotopic (exact) mass is 392 g/mol. The van der Waals surface area contributed by atoms with E-state index in [4.69, 9.17) is 16.8 Å². The minimum Gasteiger partial charge on any atom is -0.365 e. The third kappa shape index (κ3) is 6.19. The number of piperidine rings is 1. The quantitative estimate of drug-likeness (QED) is 0.391. The van der Waals surface area contributed by atoms with E-state index < -0.39 is 5.91 Å². The minimum absolute atomic E-state index is 0.355. The molecule has 1 saturated heterocycles. The van der Waals surface area contributed by atoms with Crippen molar-refractivity contribution in [2.75, 3.05) is 25.0 Å². The maximum atomic E-state index is 11.1. The van der Waals surface area contributed by atoms with Gasteiger partial charge in [0, 0.05) is 31.4 Å². The van der Waals surface area contributed by atoms with Crippen LogP contribution in [0.1, 0.15) is 50.5 Å². The van der Waals surface area contributed by atoms with E-state index in [9.17, 15) is 4.79 Å². The molecule has 0 unspecified atom stereocenters. The fourth-order valence-electron chi connectivity index (χ4n) is 4.13. The summed E-state index contributed by atoms with van der Waals surface area (Å²) >= 11 is 6.37. The van der Waals surface area contributed by atoms with Crippen molar-refractivity contribution in [2.45, 2.75) is 51.0 Å². The summed E-state index contributed by atoms with van der Waals surface area (Å²) in [6, 6.07) is 2.12. The lowest BCUT2D eigenvalue weighted by atomic mass is 9.88. The summed E-state index contributed by atoms with van der Waals surface area (Å²) in [5.41, 5.74) is 2.26. The highest BCUT2D eigenvalue weighted by Crippen LogP contribution is 2.27. The van der Waals surface area contributed by atoms with Gasteiger partial charge in [-0.1, -0.05) is 30.9 Å². The molecule has 27 heavy (non-hydrogen) atoms. The first-order valence-corrected chi connectivity index (χ1v) is 10.3. The maximum absolute atomic E-state index is 11.1. The summed E-state index contributed by atoms with van der Waals surface area (Å²) in [6.45, 7) is 3.44. The Labute approximate surface area is 165 Å². The van der Waals surface area contributed by atoms with Crippen LogP contribution in [0.3, 0.4) is 0 Å². The molecule has 3 N–H and O–H groups in total. The topological polar surface area (TPSA) is 77.5 Å². The van der Waals surface area contributed by atoms with E-state index in [1.54, 1.807) is 23.8 Å². The van der Waals surface area contributed by atoms with Crippen LogP contribution in [0.25, 0.3) is 6.08 Å². The molecule has 6 nitrogen and oxygen atoms in total. The zero-order valence-corrected chi connectivity index (χ0v) is 16.4. The van der Waals surface area contributed by atoms with Crippen molar-refractivity contribution in [1.82, 2.24) is 15.4 Å². The number of nitrogens with one attached hydrogen (secondary N) is 2. The zero-order chi connectivity index (χ0) is 19.1. The Bertz CT molecular complexity index is 661. The largest absolute Gasteiger partial charge is 0.365 e. The van der Waals surface area contributed by atoms with Crippen molar-refractivity contribution in [3.05, 3.63) is 28.9 Å². The molecule has 0 spiro atoms. The molecule has 148 valence electrons. The molecule has 0 bridgehead atoms. The van der Waals surface area contributed by atoms with Crippen LogP contribution in [0, 0.1) is 5.92 Å². The molecule has 1 aliphatic carbocycles. The van der Waals surface area contributed by atoms with Gasteiger partial charge in [-0.15, -0.1) is 0 Å². The molecule has 1 amide bonds. The summed E-state index contributed by atoms with van der Waals surface area (Å²) in [5.74, 6) is 0.958. The predicted octanol–water partition coefficient (Wildman–Crippen LogP) is 3.71. The van der Waals surface area contributed by atoms with Crippen LogP contribution in [0.15, 0.2) is 18.3 Å². The zero-order valence-electron chi connectivity index (χ0n) is 15.7. The Morgan fingerprint density at radius 3 is 2.85 bits per heavy atom. The van der Waals surface area contributed by atoms with Gasteiger partial charge in [0.25, 0.3) is 5.91 Å². The highest BCUT2D eigenvalue weighted by Gasteiger charge is 2.24. The lowest BCUT2D eigenvalue weighted by molar-refractivity contribution is -0.124. The van der Waals surface area contributed by atoms with Crippen LogP contribution in [0.5, 0.6) is 0 Å². The molecule has 0 aromatic carbocycles. The van der Waals surface area contributed by atoms with Gasteiger partial charge in [0.1, 0.15) is 5.82 Å². The highest BCUT2D eigenvalue weighted by atomic mass is 35.5. The van der Waals surface area contributed by atoms with Crippen LogP contribution >= 0.6 is 11.6 Å². The number of rotatable bonds is 6. The van der Waals surface area contributed by atoms with Crippen molar-refractivity contribution >= 4 is 29.4 Å². The second-order valence-electron chi connectivity index (χ2n) is 7.66. The van der Waals surface area contributed by atoms with Gasteiger partial charge in [-0.25, -0.2) is 10.5 Å². The molecule has 2 heterocycles. The maximum Gasteiger partial charge on any atom is 0.267 e. The lowest BCUT2D eigenvalue weighted by Gasteiger charge is -2.36. The van der Waals surface area contributed by atoms with Gasteiger partial charge in [-0.3, -0.25) is 10.0 Å². The smallest absolute Gasteiger partial charge is 0.267 e. The number of pyridine rings is 1. The SMILES string of the molecule is O=C(C=Cc1cnc(N[C@@H]2CCCN(CC3CCCCC3)C2)c(Cl)c1)NO. The number of hydrogen-bond donors (Lipinski definition) is 3. The van der Waals surface area contributed by atoms with E-state index in [0.717, 1.165) is 18.9 Å². The molecular formula is C20H29ClN4O2. The Morgan fingerprint density at radius 2 is 2.11 bits per heavy atom. The molecule has 1 saturated carbocycles. The summed E-state index contributed by atoms with van der Waals surface area (Å²) in [7, 11) is 0. The van der Waals surface area contributed by atoms with Gasteiger partial charge in [-0.05, 0) is 55.9 Å². The van der Waals surface area contributed by atoms with Gasteiger partial charge in [-0.2, -0.15) is 0 Å². The third-order valence-electron chi connectivity index (χ3n) is 5.49. The molecule has 1 aromatic heterocycles. The number of anilines is 1. The molecule has 1 aliphatic heterocycles. The number of nitrogens with zero attached hydrogens (tertiary/aromatic N) is 2. The molecule has 0 radical (unpaired) electrons. The van der Waals surface area contributed by atoms with E-state index in [1.165, 1.54) is 57.7 Å². The van der Waals surface area contributed by atoms with E-state index >= 15 is 0 Å². The molecule has 1 aromatic rings. The van der Waals surface area contributed by atoms with Crippen molar-refractivity contribution < 1.29 is 10.0 Å². The summed E-state index contributed by atoms with van der Waals surface area (Å²) < 4.78 is 0. The summed E-state index contributed by atoms with van der Waals surface area (Å²) in [6.07, 6.45) is 13.7. The molecule has 7 heteroatoms. The average molecular weight is 393 g/mol. The fraction of sp³-hybridized carbons (Fsp3) is 0.600. The van der Waals surface area contributed by atoms with Crippen LogP contribution in [-0.4, -0.2) is 46.7 Å². The molecule has 3 rings (SSSR count). The van der Waals surface area contributed by atoms with Crippen LogP contribution in [0.4, 0.5) is 5.82 Å². The van der Waals surface area contributed by atoms with Crippen LogP contribution < -0.4 is 10.8 Å². The Balaban J connectivity index is 1.54. The normalized spacial score (nSPS) is 22.1. The second kappa shape index (κ2) is 10.1. The lowest BCUT2D eigenvalue weighted by Crippen LogP contribution is -2.44. The number of amides is 1. The molecule has 2 fully saturated rings. The van der Waals surface area contributed by atoms with Crippen molar-refractivity contribution in [3.63, 3.8) is 0 Å². The molecule has 1 atom stereocenters. The molecule has 2 aliphatic rings. The number of aromatic nitrogens is 1. The number of carbonyl (C=O) groups excluding carboxylic acids is 1. The van der Waals surface area contributed by atoms with Gasteiger partial charge < -0.3 is 10.2 Å². The second-order valence-corrected chi connectivity index (χ2v) is 8.06. The summed E-state index contributed by atoms with van der Waals surface area (Å²) in [4.78, 5) is 18.1. The highest BCUT2D eigenvalue weighted by molar-refractivity contribution is 6.33. The first-order valence-electron chi connectivity index (χ1n) is 9.90. The Morgan fingerprint density at radius 1 is 1.30 bits per heavy atom. The standard InChI is InChI=1S/C20H29ClN4O2/c21-18-11-16(8-9-19(26)24-27)12-22-20(18)23-17-7-4-10-25(14-17)13-15-5-2-1-3-6-15/h8-9,11-12,15,17,27H,1-7,10,13-14H2,(H,22,23)(H,24,26)/t17-/m1/s1. The number of carbonyl (C=O) groups is 1. The molecular weight excluding hydrogens is 364 g/mol. The predicted molar refractivity (Wildman–Crippen MR) is 108 cm³/mol. The Kier molecular flexibility index (Phi) is 7.50. The van der Waals surface area contributed by atoms with E-state index in [-0.39, 0.29) is 0 Å². The Hall–Kier alpha value is -1.63. The van der Waals surface area contributed by atoms with E-state index in [0.29, 0.717) is 22.4 Å². The van der Waals surface area contributed by atoms with Crippen molar-refractivity contribution in [2.24, 2.45) is 5.92 Å². The first kappa shape index (κ1) is 20.1. The summed E-state index contributed by atoms with van der Waals surface area (Å²) in [5, 5.41) is 12.5.